The number of rotatable bonds is 5. The summed E-state index contributed by atoms with van der Waals surface area (Å²) in [5.74, 6) is 1.22. The van der Waals surface area contributed by atoms with Crippen LogP contribution < -0.4 is 16.6 Å². The number of nitrogens with one attached hydrogen (secondary N) is 2. The van der Waals surface area contributed by atoms with Crippen molar-refractivity contribution in [2.24, 2.45) is 7.05 Å². The van der Waals surface area contributed by atoms with Gasteiger partial charge in [0.25, 0.3) is 5.56 Å². The van der Waals surface area contributed by atoms with Crippen molar-refractivity contribution in [2.75, 3.05) is 5.32 Å². The van der Waals surface area contributed by atoms with Crippen molar-refractivity contribution in [1.29, 1.82) is 0 Å². The van der Waals surface area contributed by atoms with Crippen molar-refractivity contribution in [1.82, 2.24) is 19.1 Å². The Morgan fingerprint density at radius 1 is 1.48 bits per heavy atom. The summed E-state index contributed by atoms with van der Waals surface area (Å²) >= 11 is 0. The lowest BCUT2D eigenvalue weighted by molar-refractivity contribution is 0.517. The molecule has 8 heteroatoms. The van der Waals surface area contributed by atoms with E-state index in [9.17, 15) is 9.59 Å². The number of H-pyrrole nitrogens is 1. The predicted octanol–water partition coefficient (Wildman–Crippen LogP) is 1.20. The van der Waals surface area contributed by atoms with Gasteiger partial charge in [0.2, 0.25) is 5.95 Å². The van der Waals surface area contributed by atoms with Gasteiger partial charge in [0, 0.05) is 13.6 Å². The molecule has 2 N–H and O–H groups in total. The fraction of sp³-hybridized carbons (Fsp3) is 0.267. The van der Waals surface area contributed by atoms with E-state index in [0.29, 0.717) is 30.2 Å². The Labute approximate surface area is 131 Å². The number of allylic oxidation sites excluding steroid dienone is 1. The van der Waals surface area contributed by atoms with Gasteiger partial charge in [0.05, 0.1) is 12.8 Å². The maximum atomic E-state index is 12.2. The zero-order valence-electron chi connectivity index (χ0n) is 12.9. The maximum Gasteiger partial charge on any atom is 0.329 e. The van der Waals surface area contributed by atoms with Gasteiger partial charge in [-0.3, -0.25) is 14.3 Å². The Hall–Kier alpha value is -3.03. The van der Waals surface area contributed by atoms with Crippen LogP contribution in [0.2, 0.25) is 0 Å². The highest BCUT2D eigenvalue weighted by Crippen LogP contribution is 2.17. The molecule has 120 valence electrons. The molecule has 0 bridgehead atoms. The van der Waals surface area contributed by atoms with Gasteiger partial charge in [0.15, 0.2) is 11.2 Å². The first-order valence-corrected chi connectivity index (χ1v) is 7.07. The first-order chi connectivity index (χ1) is 11.0. The number of anilines is 1. The van der Waals surface area contributed by atoms with E-state index in [2.05, 4.69) is 21.9 Å². The van der Waals surface area contributed by atoms with Crippen LogP contribution in [0.5, 0.6) is 0 Å². The molecule has 0 aliphatic heterocycles. The monoisotopic (exact) mass is 315 g/mol. The highest BCUT2D eigenvalue weighted by atomic mass is 16.3. The molecule has 0 unspecified atom stereocenters. The van der Waals surface area contributed by atoms with Crippen molar-refractivity contribution in [3.05, 3.63) is 57.1 Å². The van der Waals surface area contributed by atoms with E-state index in [0.717, 1.165) is 11.3 Å². The lowest BCUT2D eigenvalue weighted by atomic mass is 10.3. The summed E-state index contributed by atoms with van der Waals surface area (Å²) in [4.78, 5) is 30.6. The lowest BCUT2D eigenvalue weighted by Gasteiger charge is -2.09. The Morgan fingerprint density at radius 3 is 2.91 bits per heavy atom. The molecule has 0 atom stereocenters. The molecule has 3 rings (SSSR count). The van der Waals surface area contributed by atoms with Gasteiger partial charge in [-0.15, -0.1) is 0 Å². The van der Waals surface area contributed by atoms with Crippen molar-refractivity contribution in [3.63, 3.8) is 0 Å². The van der Waals surface area contributed by atoms with Gasteiger partial charge in [-0.2, -0.15) is 4.98 Å². The van der Waals surface area contributed by atoms with Crippen molar-refractivity contribution in [3.8, 4) is 0 Å². The molecule has 0 amide bonds. The topological polar surface area (TPSA) is 97.8 Å². The highest BCUT2D eigenvalue weighted by Gasteiger charge is 2.17. The third-order valence-electron chi connectivity index (χ3n) is 3.44. The minimum atomic E-state index is -0.500. The second-order valence-electron chi connectivity index (χ2n) is 5.40. The first-order valence-electron chi connectivity index (χ1n) is 7.07. The fourth-order valence-corrected chi connectivity index (χ4v) is 2.37. The van der Waals surface area contributed by atoms with E-state index >= 15 is 0 Å². The van der Waals surface area contributed by atoms with Crippen LogP contribution in [-0.4, -0.2) is 19.1 Å². The zero-order chi connectivity index (χ0) is 16.6. The number of aromatic nitrogens is 4. The van der Waals surface area contributed by atoms with E-state index in [4.69, 9.17) is 4.42 Å². The Bertz CT molecular complexity index is 975. The normalized spacial score (nSPS) is 11.0. The molecule has 3 aromatic rings. The predicted molar refractivity (Wildman–Crippen MR) is 86.4 cm³/mol. The number of aromatic amines is 1. The third-order valence-corrected chi connectivity index (χ3v) is 3.44. The molecule has 0 aliphatic carbocycles. The summed E-state index contributed by atoms with van der Waals surface area (Å²) < 4.78 is 8.29. The largest absolute Gasteiger partial charge is 0.467 e. The van der Waals surface area contributed by atoms with Gasteiger partial charge in [-0.05, 0) is 19.1 Å². The minimum Gasteiger partial charge on any atom is -0.467 e. The quantitative estimate of drug-likeness (QED) is 0.690. The van der Waals surface area contributed by atoms with Gasteiger partial charge in [-0.1, -0.05) is 12.2 Å². The van der Waals surface area contributed by atoms with Gasteiger partial charge < -0.3 is 14.3 Å². The number of furan rings is 1. The van der Waals surface area contributed by atoms with E-state index in [1.807, 2.05) is 13.0 Å². The third kappa shape index (κ3) is 2.70. The fourth-order valence-electron chi connectivity index (χ4n) is 2.37. The molecular formula is C15H17N5O3. The summed E-state index contributed by atoms with van der Waals surface area (Å²) in [7, 11) is 1.56. The summed E-state index contributed by atoms with van der Waals surface area (Å²) in [5.41, 5.74) is 0.542. The van der Waals surface area contributed by atoms with Gasteiger partial charge in [0.1, 0.15) is 5.76 Å². The lowest BCUT2D eigenvalue weighted by Crippen LogP contribution is -2.29. The number of aryl methyl sites for hydroxylation is 1. The van der Waals surface area contributed by atoms with Crippen LogP contribution in [0.4, 0.5) is 5.95 Å². The van der Waals surface area contributed by atoms with Crippen LogP contribution in [0.1, 0.15) is 12.7 Å². The summed E-state index contributed by atoms with van der Waals surface area (Å²) in [5, 5.41) is 3.13. The zero-order valence-corrected chi connectivity index (χ0v) is 12.9. The molecule has 0 spiro atoms. The van der Waals surface area contributed by atoms with Crippen molar-refractivity contribution >= 4 is 17.1 Å². The molecule has 0 aromatic carbocycles. The molecular weight excluding hydrogens is 298 g/mol. The van der Waals surface area contributed by atoms with E-state index in [-0.39, 0.29) is 0 Å². The van der Waals surface area contributed by atoms with E-state index in [1.54, 1.807) is 23.9 Å². The molecule has 0 aliphatic rings. The number of hydrogen-bond donors (Lipinski definition) is 2. The SMILES string of the molecule is C=C(C)Cn1c(NCc2ccco2)nc2c1c(=O)[nH]c(=O)n2C. The molecule has 0 fully saturated rings. The van der Waals surface area contributed by atoms with E-state index < -0.39 is 11.2 Å². The first kappa shape index (κ1) is 14.9. The van der Waals surface area contributed by atoms with E-state index in [1.165, 1.54) is 4.57 Å². The average molecular weight is 315 g/mol. The molecule has 3 aromatic heterocycles. The van der Waals surface area contributed by atoms with Crippen LogP contribution in [0.15, 0.2) is 44.6 Å². The molecule has 0 saturated carbocycles. The van der Waals surface area contributed by atoms with Crippen LogP contribution in [0.25, 0.3) is 11.2 Å². The highest BCUT2D eigenvalue weighted by molar-refractivity contribution is 5.74. The second kappa shape index (κ2) is 5.64. The van der Waals surface area contributed by atoms with Crippen LogP contribution in [0.3, 0.4) is 0 Å². The Kier molecular flexibility index (Phi) is 3.65. The molecule has 0 saturated heterocycles. The summed E-state index contributed by atoms with van der Waals surface area (Å²) in [6.07, 6.45) is 1.59. The Balaban J connectivity index is 2.13. The molecule has 0 radical (unpaired) electrons. The summed E-state index contributed by atoms with van der Waals surface area (Å²) in [6, 6.07) is 3.63. The summed E-state index contributed by atoms with van der Waals surface area (Å²) in [6.45, 7) is 6.57. The van der Waals surface area contributed by atoms with Crippen LogP contribution >= 0.6 is 0 Å². The molecule has 23 heavy (non-hydrogen) atoms. The number of hydrogen-bond acceptors (Lipinski definition) is 5. The van der Waals surface area contributed by atoms with Crippen LogP contribution in [0, 0.1) is 0 Å². The van der Waals surface area contributed by atoms with Crippen molar-refractivity contribution < 1.29 is 4.42 Å². The number of fused-ring (bicyclic) bond motifs is 1. The minimum absolute atomic E-state index is 0.321. The van der Waals surface area contributed by atoms with Crippen molar-refractivity contribution in [2.45, 2.75) is 20.0 Å². The molecule has 3 heterocycles. The average Bonchev–Trinajstić information content (AvgIpc) is 3.10. The van der Waals surface area contributed by atoms with Gasteiger partial charge in [-0.25, -0.2) is 4.79 Å². The van der Waals surface area contributed by atoms with Crippen LogP contribution in [-0.2, 0) is 20.1 Å². The number of imidazole rings is 1. The standard InChI is InChI=1S/C15H17N5O3/c1-9(2)8-20-11-12(19(3)15(22)18-13(11)21)17-14(20)16-7-10-5-4-6-23-10/h4-6H,1,7-8H2,2-3H3,(H,16,17)(H,18,21,22). The molecule has 8 nitrogen and oxygen atoms in total. The van der Waals surface area contributed by atoms with Gasteiger partial charge >= 0.3 is 5.69 Å². The number of nitrogens with zero attached hydrogens (tertiary/aromatic N) is 3. The Morgan fingerprint density at radius 2 is 2.26 bits per heavy atom. The smallest absolute Gasteiger partial charge is 0.329 e. The second-order valence-corrected chi connectivity index (χ2v) is 5.40. The maximum absolute atomic E-state index is 12.2.